The number of ether oxygens (including phenoxy) is 2. The summed E-state index contributed by atoms with van der Waals surface area (Å²) in [6.07, 6.45) is 15.4. The molecule has 0 saturated heterocycles. The average Bonchev–Trinajstić information content (AvgIpc) is 2.72. The third-order valence-electron chi connectivity index (χ3n) is 5.04. The second-order valence-electron chi connectivity index (χ2n) is 7.57. The van der Waals surface area contributed by atoms with Crippen LogP contribution in [0.5, 0.6) is 11.5 Å². The van der Waals surface area contributed by atoms with Crippen LogP contribution in [0.4, 0.5) is 0 Å². The molecule has 0 spiro atoms. The van der Waals surface area contributed by atoms with Crippen LogP contribution >= 0.6 is 31.9 Å². The van der Waals surface area contributed by atoms with Crippen LogP contribution in [0, 0.1) is 0 Å². The van der Waals surface area contributed by atoms with Crippen LogP contribution < -0.4 is 9.47 Å². The SMILES string of the molecule is CCCCCCCCOc1cc(CBr)c(OCCCCCCCC)cc1CBr. The minimum absolute atomic E-state index is 0.786. The fraction of sp³-hybridized carbons (Fsp3) is 0.750. The Morgan fingerprint density at radius 2 is 0.929 bits per heavy atom. The van der Waals surface area contributed by atoms with Crippen molar-refractivity contribution in [3.8, 4) is 11.5 Å². The molecular weight excluding hydrogens is 480 g/mol. The summed E-state index contributed by atoms with van der Waals surface area (Å²) < 4.78 is 12.2. The van der Waals surface area contributed by atoms with Gasteiger partial charge in [0.25, 0.3) is 0 Å². The molecule has 0 bridgehead atoms. The Bertz CT molecular complexity index is 460. The first-order chi connectivity index (χ1) is 13.8. The van der Waals surface area contributed by atoms with Gasteiger partial charge in [0.05, 0.1) is 13.2 Å². The summed E-state index contributed by atoms with van der Waals surface area (Å²) in [4.78, 5) is 0. The molecule has 1 aromatic carbocycles. The van der Waals surface area contributed by atoms with Crippen molar-refractivity contribution in [1.82, 2.24) is 0 Å². The minimum Gasteiger partial charge on any atom is -0.493 e. The predicted molar refractivity (Wildman–Crippen MR) is 129 cm³/mol. The third kappa shape index (κ3) is 11.1. The zero-order valence-corrected chi connectivity index (χ0v) is 21.2. The molecule has 162 valence electrons. The summed E-state index contributed by atoms with van der Waals surface area (Å²) in [6, 6.07) is 4.30. The smallest absolute Gasteiger partial charge is 0.123 e. The second kappa shape index (κ2) is 17.6. The van der Waals surface area contributed by atoms with Crippen molar-refractivity contribution in [1.29, 1.82) is 0 Å². The van der Waals surface area contributed by atoms with Crippen molar-refractivity contribution in [2.75, 3.05) is 13.2 Å². The monoisotopic (exact) mass is 518 g/mol. The summed E-state index contributed by atoms with van der Waals surface area (Å²) in [6.45, 7) is 6.11. The van der Waals surface area contributed by atoms with E-state index in [1.54, 1.807) is 0 Å². The molecule has 0 radical (unpaired) electrons. The maximum atomic E-state index is 6.11. The van der Waals surface area contributed by atoms with Gasteiger partial charge in [-0.15, -0.1) is 0 Å². The number of rotatable bonds is 18. The van der Waals surface area contributed by atoms with E-state index < -0.39 is 0 Å². The number of hydrogen-bond donors (Lipinski definition) is 0. The van der Waals surface area contributed by atoms with Gasteiger partial charge < -0.3 is 9.47 Å². The van der Waals surface area contributed by atoms with Crippen LogP contribution in [0.2, 0.25) is 0 Å². The second-order valence-corrected chi connectivity index (χ2v) is 8.69. The Balaban J connectivity index is 2.46. The van der Waals surface area contributed by atoms with Crippen molar-refractivity contribution in [3.63, 3.8) is 0 Å². The van der Waals surface area contributed by atoms with E-state index in [1.165, 1.54) is 75.3 Å². The third-order valence-corrected chi connectivity index (χ3v) is 6.25. The molecule has 28 heavy (non-hydrogen) atoms. The first-order valence-corrected chi connectivity index (χ1v) is 13.5. The van der Waals surface area contributed by atoms with Crippen molar-refractivity contribution < 1.29 is 9.47 Å². The van der Waals surface area contributed by atoms with Gasteiger partial charge in [-0.1, -0.05) is 110 Å². The molecule has 0 aliphatic heterocycles. The number of alkyl halides is 2. The lowest BCUT2D eigenvalue weighted by Crippen LogP contribution is -2.04. The summed E-state index contributed by atoms with van der Waals surface area (Å²) in [5.41, 5.74) is 2.35. The number of benzene rings is 1. The average molecular weight is 520 g/mol. The van der Waals surface area contributed by atoms with Crippen molar-refractivity contribution in [3.05, 3.63) is 23.3 Å². The summed E-state index contributed by atoms with van der Waals surface area (Å²) in [7, 11) is 0. The largest absolute Gasteiger partial charge is 0.493 e. The summed E-state index contributed by atoms with van der Waals surface area (Å²) >= 11 is 7.22. The van der Waals surface area contributed by atoms with Gasteiger partial charge in [0.15, 0.2) is 0 Å². The molecular formula is C24H40Br2O2. The minimum atomic E-state index is 0.786. The normalized spacial score (nSPS) is 11.0. The molecule has 1 aromatic rings. The van der Waals surface area contributed by atoms with Crippen molar-refractivity contribution in [2.24, 2.45) is 0 Å². The molecule has 0 aliphatic carbocycles. The highest BCUT2D eigenvalue weighted by Gasteiger charge is 2.11. The van der Waals surface area contributed by atoms with Crippen molar-refractivity contribution in [2.45, 2.75) is 102 Å². The topological polar surface area (TPSA) is 18.5 Å². The van der Waals surface area contributed by atoms with E-state index in [4.69, 9.17) is 9.47 Å². The lowest BCUT2D eigenvalue weighted by molar-refractivity contribution is 0.293. The predicted octanol–water partition coefficient (Wildman–Crippen LogP) is 8.96. The molecule has 1 rings (SSSR count). The standard InChI is InChI=1S/C24H40Br2O2/c1-3-5-7-9-11-13-15-27-23-17-22(20-26)24(18-21(23)19-25)28-16-14-12-10-8-6-4-2/h17-18H,3-16,19-20H2,1-2H3. The highest BCUT2D eigenvalue weighted by Crippen LogP contribution is 2.32. The fourth-order valence-corrected chi connectivity index (χ4v) is 4.13. The van der Waals surface area contributed by atoms with Crippen molar-refractivity contribution >= 4 is 31.9 Å². The maximum absolute atomic E-state index is 6.11. The molecule has 0 heterocycles. The van der Waals surface area contributed by atoms with Crippen LogP contribution in [-0.4, -0.2) is 13.2 Å². The Kier molecular flexibility index (Phi) is 16.2. The molecule has 4 heteroatoms. The Morgan fingerprint density at radius 1 is 0.571 bits per heavy atom. The maximum Gasteiger partial charge on any atom is 0.123 e. The molecule has 0 aliphatic rings. The van der Waals surface area contributed by atoms with Crippen LogP contribution in [0.1, 0.15) is 102 Å². The first kappa shape index (κ1) is 25.8. The van der Waals surface area contributed by atoms with E-state index in [0.29, 0.717) is 0 Å². The zero-order valence-electron chi connectivity index (χ0n) is 18.0. The van der Waals surface area contributed by atoms with Gasteiger partial charge in [0, 0.05) is 21.8 Å². The van der Waals surface area contributed by atoms with E-state index in [1.807, 2.05) is 0 Å². The Labute approximate surface area is 190 Å². The molecule has 0 unspecified atom stereocenters. The number of halogens is 2. The van der Waals surface area contributed by atoms with Gasteiger partial charge in [-0.05, 0) is 25.0 Å². The zero-order chi connectivity index (χ0) is 20.5. The van der Waals surface area contributed by atoms with Crippen LogP contribution in [0.15, 0.2) is 12.1 Å². The van der Waals surface area contributed by atoms with Gasteiger partial charge in [-0.3, -0.25) is 0 Å². The summed E-state index contributed by atoms with van der Waals surface area (Å²) in [5.74, 6) is 1.98. The number of unbranched alkanes of at least 4 members (excludes halogenated alkanes) is 10. The molecule has 0 atom stereocenters. The Hall–Kier alpha value is -0.220. The van der Waals surface area contributed by atoms with Crippen LogP contribution in [0.3, 0.4) is 0 Å². The van der Waals surface area contributed by atoms with E-state index in [2.05, 4.69) is 57.8 Å². The van der Waals surface area contributed by atoms with Crippen LogP contribution in [0.25, 0.3) is 0 Å². The fourth-order valence-electron chi connectivity index (χ4n) is 3.25. The van der Waals surface area contributed by atoms with Gasteiger partial charge in [-0.25, -0.2) is 0 Å². The summed E-state index contributed by atoms with van der Waals surface area (Å²) in [5, 5.41) is 1.57. The Morgan fingerprint density at radius 3 is 1.29 bits per heavy atom. The molecule has 0 saturated carbocycles. The lowest BCUT2D eigenvalue weighted by atomic mass is 10.1. The molecule has 0 aromatic heterocycles. The quantitative estimate of drug-likeness (QED) is 0.142. The van der Waals surface area contributed by atoms with Gasteiger partial charge in [0.1, 0.15) is 11.5 Å². The van der Waals surface area contributed by atoms with Gasteiger partial charge in [-0.2, -0.15) is 0 Å². The number of hydrogen-bond acceptors (Lipinski definition) is 2. The van der Waals surface area contributed by atoms with Gasteiger partial charge >= 0.3 is 0 Å². The molecule has 0 fully saturated rings. The molecule has 2 nitrogen and oxygen atoms in total. The van der Waals surface area contributed by atoms with E-state index in [0.717, 1.165) is 48.2 Å². The highest BCUT2D eigenvalue weighted by molar-refractivity contribution is 9.08. The van der Waals surface area contributed by atoms with E-state index in [9.17, 15) is 0 Å². The first-order valence-electron chi connectivity index (χ1n) is 11.3. The molecule has 0 amide bonds. The lowest BCUT2D eigenvalue weighted by Gasteiger charge is -2.16. The van der Waals surface area contributed by atoms with E-state index >= 15 is 0 Å². The van der Waals surface area contributed by atoms with Crippen LogP contribution in [-0.2, 0) is 10.7 Å². The van der Waals surface area contributed by atoms with E-state index in [-0.39, 0.29) is 0 Å². The van der Waals surface area contributed by atoms with Gasteiger partial charge in [0.2, 0.25) is 0 Å². The highest BCUT2D eigenvalue weighted by atomic mass is 79.9. The molecule has 0 N–H and O–H groups in total.